The zero-order chi connectivity index (χ0) is 14.5. The van der Waals surface area contributed by atoms with Gasteiger partial charge in [-0.2, -0.15) is 0 Å². The summed E-state index contributed by atoms with van der Waals surface area (Å²) in [6, 6.07) is 2.94. The molecule has 6 heteroatoms. The second-order valence-electron chi connectivity index (χ2n) is 4.63. The van der Waals surface area contributed by atoms with E-state index in [2.05, 4.69) is 0 Å². The molecule has 4 nitrogen and oxygen atoms in total. The van der Waals surface area contributed by atoms with Gasteiger partial charge in [0.25, 0.3) is 0 Å². The first-order chi connectivity index (χ1) is 8.81. The first kappa shape index (κ1) is 15.4. The maximum Gasteiger partial charge on any atom is 0.323 e. The Morgan fingerprint density at radius 2 is 1.89 bits per heavy atom. The van der Waals surface area contributed by atoms with E-state index in [1.54, 1.807) is 0 Å². The van der Waals surface area contributed by atoms with Crippen LogP contribution in [0.2, 0.25) is 0 Å². The molecular weight excluding hydrogens is 256 g/mol. The zero-order valence-electron chi connectivity index (χ0n) is 10.7. The quantitative estimate of drug-likeness (QED) is 0.748. The number of carboxylic acid groups (broad SMARTS) is 1. The van der Waals surface area contributed by atoms with E-state index in [4.69, 9.17) is 15.6 Å². The molecule has 0 aliphatic rings. The largest absolute Gasteiger partial charge is 0.493 e. The average molecular weight is 273 g/mol. The van der Waals surface area contributed by atoms with Crippen molar-refractivity contribution in [2.24, 2.45) is 5.73 Å². The molecule has 1 aromatic carbocycles. The van der Waals surface area contributed by atoms with Crippen molar-refractivity contribution < 1.29 is 23.4 Å². The molecule has 0 saturated carbocycles. The fourth-order valence-corrected chi connectivity index (χ4v) is 1.50. The Labute approximate surface area is 110 Å². The van der Waals surface area contributed by atoms with Gasteiger partial charge in [-0.05, 0) is 26.2 Å². The molecule has 1 rings (SSSR count). The number of nitrogens with two attached hydrogens (primary N) is 1. The molecule has 0 bridgehead atoms. The van der Waals surface area contributed by atoms with Crippen LogP contribution in [-0.2, 0) is 4.79 Å². The molecule has 0 fully saturated rings. The lowest BCUT2D eigenvalue weighted by atomic mass is 9.97. The van der Waals surface area contributed by atoms with Crippen LogP contribution in [0.3, 0.4) is 0 Å². The van der Waals surface area contributed by atoms with Crippen molar-refractivity contribution in [3.05, 3.63) is 29.8 Å². The van der Waals surface area contributed by atoms with E-state index >= 15 is 0 Å². The van der Waals surface area contributed by atoms with E-state index in [0.29, 0.717) is 19.3 Å². The number of unbranched alkanes of at least 4 members (excludes halogenated alkanes) is 1. The highest BCUT2D eigenvalue weighted by atomic mass is 19.1. The lowest BCUT2D eigenvalue weighted by Crippen LogP contribution is -2.44. The van der Waals surface area contributed by atoms with Crippen LogP contribution in [0.4, 0.5) is 8.78 Å². The summed E-state index contributed by atoms with van der Waals surface area (Å²) in [5, 5.41) is 8.80. The molecule has 0 aromatic heterocycles. The Hall–Kier alpha value is -1.69. The van der Waals surface area contributed by atoms with Crippen molar-refractivity contribution >= 4 is 5.97 Å². The Morgan fingerprint density at radius 3 is 2.42 bits per heavy atom. The number of ether oxygens (including phenoxy) is 1. The summed E-state index contributed by atoms with van der Waals surface area (Å²) in [6.07, 6.45) is 1.42. The van der Waals surface area contributed by atoms with Gasteiger partial charge in [-0.3, -0.25) is 4.79 Å². The minimum Gasteiger partial charge on any atom is -0.493 e. The van der Waals surface area contributed by atoms with Crippen LogP contribution in [-0.4, -0.2) is 23.2 Å². The third-order valence-corrected chi connectivity index (χ3v) is 2.68. The fraction of sp³-hybridized carbons (Fsp3) is 0.462. The van der Waals surface area contributed by atoms with Gasteiger partial charge >= 0.3 is 5.97 Å². The number of aliphatic carboxylic acids is 1. The number of benzene rings is 1. The number of hydrogen-bond acceptors (Lipinski definition) is 3. The van der Waals surface area contributed by atoms with Gasteiger partial charge in [-0.15, -0.1) is 0 Å². The predicted octanol–water partition coefficient (Wildman–Crippen LogP) is 2.32. The third-order valence-electron chi connectivity index (χ3n) is 2.68. The summed E-state index contributed by atoms with van der Waals surface area (Å²) in [7, 11) is 0. The van der Waals surface area contributed by atoms with Crippen LogP contribution >= 0.6 is 0 Å². The monoisotopic (exact) mass is 273 g/mol. The maximum absolute atomic E-state index is 12.8. The van der Waals surface area contributed by atoms with Gasteiger partial charge in [-0.1, -0.05) is 0 Å². The summed E-state index contributed by atoms with van der Waals surface area (Å²) < 4.78 is 30.9. The molecule has 0 heterocycles. The van der Waals surface area contributed by atoms with E-state index in [1.165, 1.54) is 6.92 Å². The first-order valence-corrected chi connectivity index (χ1v) is 5.92. The highest BCUT2D eigenvalue weighted by molar-refractivity contribution is 5.77. The van der Waals surface area contributed by atoms with Gasteiger partial charge in [0.1, 0.15) is 22.9 Å². The molecule has 0 saturated heterocycles. The highest BCUT2D eigenvalue weighted by Gasteiger charge is 2.26. The second kappa shape index (κ2) is 6.47. The van der Waals surface area contributed by atoms with E-state index in [0.717, 1.165) is 18.2 Å². The van der Waals surface area contributed by atoms with Gasteiger partial charge < -0.3 is 15.6 Å². The standard InChI is InChI=1S/C13H17F2NO3/c1-13(16,12(17)18)4-2-3-5-19-11-7-9(14)6-10(15)8-11/h6-8H,2-5,16H2,1H3,(H,17,18). The first-order valence-electron chi connectivity index (χ1n) is 5.92. The molecule has 19 heavy (non-hydrogen) atoms. The minimum atomic E-state index is -1.26. The Bertz CT molecular complexity index is 429. The molecule has 0 aliphatic carbocycles. The van der Waals surface area contributed by atoms with Crippen molar-refractivity contribution in [2.75, 3.05) is 6.61 Å². The zero-order valence-corrected chi connectivity index (χ0v) is 10.7. The predicted molar refractivity (Wildman–Crippen MR) is 65.9 cm³/mol. The smallest absolute Gasteiger partial charge is 0.323 e. The van der Waals surface area contributed by atoms with Crippen molar-refractivity contribution in [1.29, 1.82) is 0 Å². The number of rotatable bonds is 7. The van der Waals surface area contributed by atoms with Crippen LogP contribution in [0.1, 0.15) is 26.2 Å². The fourth-order valence-electron chi connectivity index (χ4n) is 1.50. The summed E-state index contributed by atoms with van der Waals surface area (Å²) in [5.74, 6) is -2.34. The molecule has 1 aromatic rings. The lowest BCUT2D eigenvalue weighted by molar-refractivity contribution is -0.142. The van der Waals surface area contributed by atoms with Crippen LogP contribution in [0, 0.1) is 11.6 Å². The summed E-state index contributed by atoms with van der Waals surface area (Å²) in [6.45, 7) is 1.69. The third kappa shape index (κ3) is 5.21. The van der Waals surface area contributed by atoms with Gasteiger partial charge in [-0.25, -0.2) is 8.78 Å². The molecule has 0 radical (unpaired) electrons. The van der Waals surface area contributed by atoms with Gasteiger partial charge in [0.15, 0.2) is 0 Å². The van der Waals surface area contributed by atoms with Crippen molar-refractivity contribution in [3.63, 3.8) is 0 Å². The molecular formula is C13H17F2NO3. The van der Waals surface area contributed by atoms with Gasteiger partial charge in [0, 0.05) is 18.2 Å². The SMILES string of the molecule is CC(N)(CCCCOc1cc(F)cc(F)c1)C(=O)O. The van der Waals surface area contributed by atoms with Crippen LogP contribution < -0.4 is 10.5 Å². The molecule has 0 amide bonds. The molecule has 0 aliphatic heterocycles. The highest BCUT2D eigenvalue weighted by Crippen LogP contribution is 2.16. The van der Waals surface area contributed by atoms with Crippen molar-refractivity contribution in [1.82, 2.24) is 0 Å². The Morgan fingerprint density at radius 1 is 1.32 bits per heavy atom. The minimum absolute atomic E-state index is 0.117. The van der Waals surface area contributed by atoms with Crippen LogP contribution in [0.15, 0.2) is 18.2 Å². The Kier molecular flexibility index (Phi) is 5.23. The van der Waals surface area contributed by atoms with Crippen molar-refractivity contribution in [2.45, 2.75) is 31.7 Å². The van der Waals surface area contributed by atoms with Gasteiger partial charge in [0.2, 0.25) is 0 Å². The second-order valence-corrected chi connectivity index (χ2v) is 4.63. The van der Waals surface area contributed by atoms with Crippen LogP contribution in [0.5, 0.6) is 5.75 Å². The van der Waals surface area contributed by atoms with E-state index in [-0.39, 0.29) is 12.4 Å². The summed E-state index contributed by atoms with van der Waals surface area (Å²) >= 11 is 0. The number of hydrogen-bond donors (Lipinski definition) is 2. The van der Waals surface area contributed by atoms with Crippen LogP contribution in [0.25, 0.3) is 0 Å². The van der Waals surface area contributed by atoms with E-state index in [1.807, 2.05) is 0 Å². The molecule has 1 unspecified atom stereocenters. The lowest BCUT2D eigenvalue weighted by Gasteiger charge is -2.18. The Balaban J connectivity index is 2.30. The summed E-state index contributed by atoms with van der Waals surface area (Å²) in [5.41, 5.74) is 4.29. The number of carboxylic acids is 1. The molecule has 106 valence electrons. The van der Waals surface area contributed by atoms with Crippen molar-refractivity contribution in [3.8, 4) is 5.75 Å². The number of carbonyl (C=O) groups is 1. The maximum atomic E-state index is 12.8. The van der Waals surface area contributed by atoms with E-state index < -0.39 is 23.1 Å². The molecule has 3 N–H and O–H groups in total. The van der Waals surface area contributed by atoms with E-state index in [9.17, 15) is 13.6 Å². The summed E-state index contributed by atoms with van der Waals surface area (Å²) in [4.78, 5) is 10.7. The van der Waals surface area contributed by atoms with Gasteiger partial charge in [0.05, 0.1) is 6.61 Å². The molecule has 1 atom stereocenters. The molecule has 0 spiro atoms. The topological polar surface area (TPSA) is 72.5 Å². The number of halogens is 2. The average Bonchev–Trinajstić information content (AvgIpc) is 2.26. The normalized spacial score (nSPS) is 13.9.